The van der Waals surface area contributed by atoms with Crippen LogP contribution in [0.15, 0.2) is 97.1 Å². The Bertz CT molecular complexity index is 1270. The molecular formula is C28H25NO5. The maximum atomic E-state index is 12.5. The number of benzene rings is 4. The van der Waals surface area contributed by atoms with Crippen LogP contribution in [0.2, 0.25) is 0 Å². The fraction of sp³-hybridized carbons (Fsp3) is 0.179. The Labute approximate surface area is 197 Å². The molecule has 0 aliphatic rings. The smallest absolute Gasteiger partial charge is 0.338 e. The minimum Gasteiger partial charge on any atom is -0.459 e. The van der Waals surface area contributed by atoms with E-state index < -0.39 is 10.9 Å². The molecule has 6 heteroatoms. The number of carbonyl (C=O) groups is 1. The Morgan fingerprint density at radius 2 is 1.53 bits per heavy atom. The summed E-state index contributed by atoms with van der Waals surface area (Å²) in [6, 6.07) is 30.3. The zero-order chi connectivity index (χ0) is 23.9. The van der Waals surface area contributed by atoms with E-state index in [1.165, 1.54) is 35.0 Å². The quantitative estimate of drug-likeness (QED) is 0.172. The number of rotatable bonds is 9. The molecule has 0 heterocycles. The fourth-order valence-electron chi connectivity index (χ4n) is 4.04. The van der Waals surface area contributed by atoms with Crippen LogP contribution in [0, 0.1) is 10.1 Å². The van der Waals surface area contributed by atoms with E-state index in [0.717, 1.165) is 11.1 Å². The lowest BCUT2D eigenvalue weighted by atomic mass is 9.86. The zero-order valence-corrected chi connectivity index (χ0v) is 18.8. The van der Waals surface area contributed by atoms with Crippen LogP contribution >= 0.6 is 0 Å². The van der Waals surface area contributed by atoms with E-state index >= 15 is 0 Å². The number of esters is 1. The Morgan fingerprint density at radius 3 is 2.21 bits per heavy atom. The van der Waals surface area contributed by atoms with Crippen molar-refractivity contribution in [3.8, 4) is 0 Å². The van der Waals surface area contributed by atoms with Crippen molar-refractivity contribution in [3.63, 3.8) is 0 Å². The Morgan fingerprint density at radius 1 is 0.853 bits per heavy atom. The van der Waals surface area contributed by atoms with Crippen LogP contribution in [0.5, 0.6) is 0 Å². The number of nitro groups is 1. The molecule has 4 rings (SSSR count). The molecule has 0 radical (unpaired) electrons. The van der Waals surface area contributed by atoms with E-state index in [9.17, 15) is 14.9 Å². The van der Waals surface area contributed by atoms with Gasteiger partial charge in [0.15, 0.2) is 0 Å². The van der Waals surface area contributed by atoms with Gasteiger partial charge in [0.1, 0.15) is 6.61 Å². The second-order valence-electron chi connectivity index (χ2n) is 8.07. The number of hydrogen-bond donors (Lipinski definition) is 0. The van der Waals surface area contributed by atoms with Crippen LogP contribution in [0.4, 0.5) is 5.69 Å². The molecule has 2 atom stereocenters. The molecule has 0 amide bonds. The summed E-state index contributed by atoms with van der Waals surface area (Å²) in [5.41, 5.74) is 2.50. The highest BCUT2D eigenvalue weighted by atomic mass is 16.6. The van der Waals surface area contributed by atoms with Crippen molar-refractivity contribution in [1.29, 1.82) is 0 Å². The molecule has 0 saturated heterocycles. The number of nitrogens with zero attached hydrogens (tertiary/aromatic N) is 1. The van der Waals surface area contributed by atoms with E-state index in [1.54, 1.807) is 7.11 Å². The third kappa shape index (κ3) is 5.47. The van der Waals surface area contributed by atoms with Crippen molar-refractivity contribution >= 4 is 22.4 Å². The highest BCUT2D eigenvalue weighted by Crippen LogP contribution is 2.32. The maximum Gasteiger partial charge on any atom is 0.338 e. The van der Waals surface area contributed by atoms with Gasteiger partial charge in [-0.3, -0.25) is 10.1 Å². The van der Waals surface area contributed by atoms with Gasteiger partial charge in [0.2, 0.25) is 0 Å². The number of nitro benzene ring substituents is 1. The van der Waals surface area contributed by atoms with Crippen LogP contribution in [0.25, 0.3) is 10.8 Å². The van der Waals surface area contributed by atoms with Crippen LogP contribution < -0.4 is 0 Å². The number of non-ortho nitro benzene ring substituents is 1. The summed E-state index contributed by atoms with van der Waals surface area (Å²) in [6.07, 6.45) is 0.283. The molecule has 0 fully saturated rings. The van der Waals surface area contributed by atoms with Crippen LogP contribution in [0.3, 0.4) is 0 Å². The standard InChI is InChI=1S/C28H25NO5/c1-33-26(19-34-28(30)22-13-15-25(16-14-22)29(31)32)18-27(21-8-3-2-4-9-21)24-12-11-20-7-5-6-10-23(20)17-24/h2-17,26-27H,18-19H2,1H3/t26-,27+/m1/s1. The van der Waals surface area contributed by atoms with Gasteiger partial charge >= 0.3 is 5.97 Å². The van der Waals surface area contributed by atoms with E-state index in [1.807, 2.05) is 30.3 Å². The first-order valence-electron chi connectivity index (χ1n) is 11.0. The Kier molecular flexibility index (Phi) is 7.30. The van der Waals surface area contributed by atoms with Gasteiger partial charge in [0, 0.05) is 25.2 Å². The highest BCUT2D eigenvalue weighted by molar-refractivity contribution is 5.89. The number of ether oxygens (including phenoxy) is 2. The minimum atomic E-state index is -0.543. The molecule has 0 aliphatic carbocycles. The molecule has 0 saturated carbocycles. The number of hydrogen-bond acceptors (Lipinski definition) is 5. The molecule has 172 valence electrons. The SMILES string of the molecule is CO[C@@H](COC(=O)c1ccc([N+](=O)[O-])cc1)C[C@@H](c1ccccc1)c1ccc2ccccc2c1. The van der Waals surface area contributed by atoms with E-state index in [4.69, 9.17) is 9.47 Å². The van der Waals surface area contributed by atoms with Crippen LogP contribution in [-0.4, -0.2) is 30.7 Å². The molecule has 0 spiro atoms. The number of fused-ring (bicyclic) bond motifs is 1. The first kappa shape index (κ1) is 23.1. The van der Waals surface area contributed by atoms with Gasteiger partial charge in [0.25, 0.3) is 5.69 Å². The van der Waals surface area contributed by atoms with Crippen molar-refractivity contribution in [3.05, 3.63) is 124 Å². The maximum absolute atomic E-state index is 12.5. The van der Waals surface area contributed by atoms with Crippen molar-refractivity contribution in [2.24, 2.45) is 0 Å². The molecule has 0 bridgehead atoms. The van der Waals surface area contributed by atoms with Gasteiger partial charge in [-0.25, -0.2) is 4.79 Å². The average Bonchev–Trinajstić information content (AvgIpc) is 2.89. The first-order chi connectivity index (χ1) is 16.5. The topological polar surface area (TPSA) is 78.7 Å². The molecule has 34 heavy (non-hydrogen) atoms. The fourth-order valence-corrected chi connectivity index (χ4v) is 4.04. The monoisotopic (exact) mass is 455 g/mol. The molecular weight excluding hydrogens is 430 g/mol. The third-order valence-electron chi connectivity index (χ3n) is 5.92. The summed E-state index contributed by atoms with van der Waals surface area (Å²) in [4.78, 5) is 22.8. The van der Waals surface area contributed by atoms with E-state index in [2.05, 4.69) is 42.5 Å². The van der Waals surface area contributed by atoms with Gasteiger partial charge < -0.3 is 9.47 Å². The molecule has 0 N–H and O–H groups in total. The van der Waals surface area contributed by atoms with Gasteiger partial charge in [-0.05, 0) is 40.5 Å². The van der Waals surface area contributed by atoms with Crippen molar-refractivity contribution in [2.45, 2.75) is 18.4 Å². The summed E-state index contributed by atoms with van der Waals surface area (Å²) in [6.45, 7) is 0.0727. The van der Waals surface area contributed by atoms with Crippen molar-refractivity contribution < 1.29 is 19.2 Å². The molecule has 0 aromatic heterocycles. The predicted octanol–water partition coefficient (Wildman–Crippen LogP) is 6.14. The minimum absolute atomic E-state index is 0.0498. The van der Waals surface area contributed by atoms with E-state index in [0.29, 0.717) is 6.42 Å². The second kappa shape index (κ2) is 10.7. The Balaban J connectivity index is 1.51. The Hall–Kier alpha value is -4.03. The predicted molar refractivity (Wildman–Crippen MR) is 131 cm³/mol. The molecule has 4 aromatic rings. The summed E-state index contributed by atoms with van der Waals surface area (Å²) >= 11 is 0. The summed E-state index contributed by atoms with van der Waals surface area (Å²) in [5.74, 6) is -0.493. The van der Waals surface area contributed by atoms with Crippen LogP contribution in [-0.2, 0) is 9.47 Å². The molecule has 0 aliphatic heterocycles. The van der Waals surface area contributed by atoms with Crippen LogP contribution in [0.1, 0.15) is 33.8 Å². The summed E-state index contributed by atoms with van der Waals surface area (Å²) < 4.78 is 11.2. The van der Waals surface area contributed by atoms with Gasteiger partial charge in [-0.15, -0.1) is 0 Å². The lowest BCUT2D eigenvalue weighted by Gasteiger charge is -2.24. The normalized spacial score (nSPS) is 12.7. The lowest BCUT2D eigenvalue weighted by Crippen LogP contribution is -2.24. The second-order valence-corrected chi connectivity index (χ2v) is 8.07. The van der Waals surface area contributed by atoms with Gasteiger partial charge in [0.05, 0.1) is 16.6 Å². The lowest BCUT2D eigenvalue weighted by molar-refractivity contribution is -0.384. The van der Waals surface area contributed by atoms with Crippen molar-refractivity contribution in [2.75, 3.05) is 13.7 Å². The molecule has 4 aromatic carbocycles. The number of carbonyl (C=O) groups excluding carboxylic acids is 1. The number of methoxy groups -OCH3 is 1. The van der Waals surface area contributed by atoms with Gasteiger partial charge in [-0.2, -0.15) is 0 Å². The summed E-state index contributed by atoms with van der Waals surface area (Å²) in [5, 5.41) is 13.2. The third-order valence-corrected chi connectivity index (χ3v) is 5.92. The summed E-state index contributed by atoms with van der Waals surface area (Å²) in [7, 11) is 1.60. The van der Waals surface area contributed by atoms with Gasteiger partial charge in [-0.1, -0.05) is 72.8 Å². The van der Waals surface area contributed by atoms with E-state index in [-0.39, 0.29) is 29.9 Å². The molecule has 6 nitrogen and oxygen atoms in total. The first-order valence-corrected chi connectivity index (χ1v) is 11.0. The average molecular weight is 456 g/mol. The zero-order valence-electron chi connectivity index (χ0n) is 18.8. The van der Waals surface area contributed by atoms with Crippen molar-refractivity contribution in [1.82, 2.24) is 0 Å². The highest BCUT2D eigenvalue weighted by Gasteiger charge is 2.22. The largest absolute Gasteiger partial charge is 0.459 e. The molecule has 0 unspecified atom stereocenters.